The second-order valence-electron chi connectivity index (χ2n) is 5.48. The summed E-state index contributed by atoms with van der Waals surface area (Å²) >= 11 is 0. The van der Waals surface area contributed by atoms with E-state index in [1.807, 2.05) is 0 Å². The zero-order valence-corrected chi connectivity index (χ0v) is 10.5. The highest BCUT2D eigenvalue weighted by Crippen LogP contribution is 2.35. The van der Waals surface area contributed by atoms with Crippen LogP contribution in [-0.2, 0) is 6.42 Å². The lowest BCUT2D eigenvalue weighted by atomic mass is 9.70. The average Bonchev–Trinajstić information content (AvgIpc) is 2.27. The Bertz CT molecular complexity index is 313. The molecule has 0 saturated carbocycles. The van der Waals surface area contributed by atoms with Crippen LogP contribution in [0.1, 0.15) is 32.3 Å². The van der Waals surface area contributed by atoms with Crippen LogP contribution in [0.4, 0.5) is 0 Å². The molecule has 1 nitrogen and oxygen atoms in total. The number of rotatable bonds is 5. The molecule has 1 N–H and O–H groups in total. The van der Waals surface area contributed by atoms with E-state index in [9.17, 15) is 0 Å². The molecule has 1 fully saturated rings. The van der Waals surface area contributed by atoms with Gasteiger partial charge in [0, 0.05) is 13.1 Å². The lowest BCUT2D eigenvalue weighted by Crippen LogP contribution is -2.55. The predicted molar refractivity (Wildman–Crippen MR) is 69.5 cm³/mol. The second-order valence-corrected chi connectivity index (χ2v) is 5.48. The van der Waals surface area contributed by atoms with Crippen LogP contribution in [0.25, 0.3) is 0 Å². The maximum Gasteiger partial charge on any atom is 0.00235 e. The molecule has 1 unspecified atom stereocenters. The Morgan fingerprint density at radius 1 is 1.25 bits per heavy atom. The molecule has 1 atom stereocenters. The lowest BCUT2D eigenvalue weighted by Gasteiger charge is -2.44. The molecular weight excluding hydrogens is 194 g/mol. The van der Waals surface area contributed by atoms with E-state index in [4.69, 9.17) is 0 Å². The Kier molecular flexibility index (Phi) is 3.65. The van der Waals surface area contributed by atoms with Crippen molar-refractivity contribution in [2.75, 3.05) is 13.1 Å². The first kappa shape index (κ1) is 11.7. The smallest absolute Gasteiger partial charge is 0.00235 e. The highest BCUT2D eigenvalue weighted by molar-refractivity contribution is 5.18. The predicted octanol–water partition coefficient (Wildman–Crippen LogP) is 3.25. The van der Waals surface area contributed by atoms with Gasteiger partial charge in [0.25, 0.3) is 0 Å². The van der Waals surface area contributed by atoms with Gasteiger partial charge in [-0.3, -0.25) is 0 Å². The summed E-state index contributed by atoms with van der Waals surface area (Å²) in [4.78, 5) is 0. The van der Waals surface area contributed by atoms with Gasteiger partial charge >= 0.3 is 0 Å². The Morgan fingerprint density at radius 3 is 2.44 bits per heavy atom. The summed E-state index contributed by atoms with van der Waals surface area (Å²) in [6.45, 7) is 7.08. The summed E-state index contributed by atoms with van der Waals surface area (Å²) in [6, 6.07) is 10.9. The Hall–Kier alpha value is -0.820. The van der Waals surface area contributed by atoms with Crippen molar-refractivity contribution >= 4 is 0 Å². The van der Waals surface area contributed by atoms with Gasteiger partial charge in [-0.15, -0.1) is 0 Å². The van der Waals surface area contributed by atoms with Crippen LogP contribution in [0, 0.1) is 11.3 Å². The van der Waals surface area contributed by atoms with Gasteiger partial charge < -0.3 is 5.32 Å². The van der Waals surface area contributed by atoms with E-state index in [2.05, 4.69) is 49.5 Å². The molecule has 0 radical (unpaired) electrons. The molecule has 16 heavy (non-hydrogen) atoms. The third kappa shape index (κ3) is 2.65. The molecule has 1 aromatic rings. The average molecular weight is 217 g/mol. The Balaban J connectivity index is 2.00. The van der Waals surface area contributed by atoms with Crippen LogP contribution in [-0.4, -0.2) is 13.1 Å². The molecule has 2 rings (SSSR count). The van der Waals surface area contributed by atoms with E-state index >= 15 is 0 Å². The SMILES string of the molecule is CCC(C)CC1(Cc2ccccc2)CNC1. The molecule has 1 aliphatic rings. The minimum atomic E-state index is 0.538. The summed E-state index contributed by atoms with van der Waals surface area (Å²) in [7, 11) is 0. The molecule has 0 aromatic heterocycles. The van der Waals surface area contributed by atoms with Crippen molar-refractivity contribution in [1.82, 2.24) is 5.32 Å². The molecule has 0 aliphatic carbocycles. The summed E-state index contributed by atoms with van der Waals surface area (Å²) in [5.74, 6) is 0.853. The summed E-state index contributed by atoms with van der Waals surface area (Å²) in [6.07, 6.45) is 3.91. The molecule has 88 valence electrons. The fraction of sp³-hybridized carbons (Fsp3) is 0.600. The van der Waals surface area contributed by atoms with Crippen molar-refractivity contribution < 1.29 is 0 Å². The first-order valence-corrected chi connectivity index (χ1v) is 6.49. The molecule has 0 amide bonds. The number of benzene rings is 1. The summed E-state index contributed by atoms with van der Waals surface area (Å²) in [5, 5.41) is 3.45. The molecule has 0 bridgehead atoms. The highest BCUT2D eigenvalue weighted by Gasteiger charge is 2.37. The van der Waals surface area contributed by atoms with Gasteiger partial charge in [0.15, 0.2) is 0 Å². The van der Waals surface area contributed by atoms with Gasteiger partial charge in [-0.25, -0.2) is 0 Å². The maximum atomic E-state index is 3.45. The third-order valence-corrected chi connectivity index (χ3v) is 3.90. The summed E-state index contributed by atoms with van der Waals surface area (Å²) < 4.78 is 0. The van der Waals surface area contributed by atoms with Gasteiger partial charge in [-0.2, -0.15) is 0 Å². The minimum Gasteiger partial charge on any atom is -0.316 e. The second kappa shape index (κ2) is 5.01. The normalized spacial score (nSPS) is 20.1. The largest absolute Gasteiger partial charge is 0.316 e. The number of hydrogen-bond acceptors (Lipinski definition) is 1. The molecule has 1 aromatic carbocycles. The zero-order valence-electron chi connectivity index (χ0n) is 10.5. The van der Waals surface area contributed by atoms with E-state index in [1.54, 1.807) is 0 Å². The van der Waals surface area contributed by atoms with Gasteiger partial charge in [0.05, 0.1) is 0 Å². The van der Waals surface area contributed by atoms with E-state index < -0.39 is 0 Å². The van der Waals surface area contributed by atoms with E-state index in [-0.39, 0.29) is 0 Å². The van der Waals surface area contributed by atoms with E-state index in [1.165, 1.54) is 37.9 Å². The topological polar surface area (TPSA) is 12.0 Å². The van der Waals surface area contributed by atoms with Crippen LogP contribution in [0.5, 0.6) is 0 Å². The fourth-order valence-corrected chi connectivity index (χ4v) is 2.73. The highest BCUT2D eigenvalue weighted by atomic mass is 15.0. The van der Waals surface area contributed by atoms with Crippen LogP contribution in [0.3, 0.4) is 0 Å². The molecule has 1 aliphatic heterocycles. The first-order chi connectivity index (χ1) is 7.74. The number of nitrogens with one attached hydrogen (secondary N) is 1. The molecule has 1 saturated heterocycles. The Morgan fingerprint density at radius 2 is 1.94 bits per heavy atom. The maximum absolute atomic E-state index is 3.45. The van der Waals surface area contributed by atoms with Crippen molar-refractivity contribution in [2.24, 2.45) is 11.3 Å². The quantitative estimate of drug-likeness (QED) is 0.798. The zero-order chi connectivity index (χ0) is 11.4. The molecule has 1 heterocycles. The fourth-order valence-electron chi connectivity index (χ4n) is 2.73. The summed E-state index contributed by atoms with van der Waals surface area (Å²) in [5.41, 5.74) is 2.03. The van der Waals surface area contributed by atoms with E-state index in [0.717, 1.165) is 5.92 Å². The van der Waals surface area contributed by atoms with Crippen molar-refractivity contribution in [1.29, 1.82) is 0 Å². The Labute approximate surface area is 99.3 Å². The molecule has 1 heteroatoms. The lowest BCUT2D eigenvalue weighted by molar-refractivity contribution is 0.125. The number of hydrogen-bond donors (Lipinski definition) is 1. The van der Waals surface area contributed by atoms with Gasteiger partial charge in [-0.05, 0) is 29.7 Å². The van der Waals surface area contributed by atoms with Gasteiger partial charge in [0.2, 0.25) is 0 Å². The molecule has 0 spiro atoms. The van der Waals surface area contributed by atoms with E-state index in [0.29, 0.717) is 5.41 Å². The monoisotopic (exact) mass is 217 g/mol. The molecular formula is C15H23N. The van der Waals surface area contributed by atoms with Crippen molar-refractivity contribution in [2.45, 2.75) is 33.1 Å². The minimum absolute atomic E-state index is 0.538. The van der Waals surface area contributed by atoms with Crippen molar-refractivity contribution in [3.05, 3.63) is 35.9 Å². The van der Waals surface area contributed by atoms with Crippen LogP contribution in [0.2, 0.25) is 0 Å². The van der Waals surface area contributed by atoms with Crippen molar-refractivity contribution in [3.63, 3.8) is 0 Å². The van der Waals surface area contributed by atoms with Crippen LogP contribution >= 0.6 is 0 Å². The first-order valence-electron chi connectivity index (χ1n) is 6.49. The van der Waals surface area contributed by atoms with Crippen LogP contribution < -0.4 is 5.32 Å². The third-order valence-electron chi connectivity index (χ3n) is 3.90. The van der Waals surface area contributed by atoms with Gasteiger partial charge in [-0.1, -0.05) is 50.6 Å². The van der Waals surface area contributed by atoms with Crippen molar-refractivity contribution in [3.8, 4) is 0 Å². The van der Waals surface area contributed by atoms with Crippen LogP contribution in [0.15, 0.2) is 30.3 Å². The van der Waals surface area contributed by atoms with Gasteiger partial charge in [0.1, 0.15) is 0 Å². The standard InChI is InChI=1S/C15H23N/c1-3-13(2)9-15(11-16-12-15)10-14-7-5-4-6-8-14/h4-8,13,16H,3,9-12H2,1-2H3.